The molecule has 0 saturated carbocycles. The van der Waals surface area contributed by atoms with Gasteiger partial charge in [0.2, 0.25) is 0 Å². The van der Waals surface area contributed by atoms with Gasteiger partial charge in [0.15, 0.2) is 11.5 Å². The molecule has 0 aromatic heterocycles. The van der Waals surface area contributed by atoms with Crippen LogP contribution in [0.5, 0.6) is 0 Å². The fraction of sp³-hybridized carbons (Fsp3) is 0.500. The molecule has 0 aromatic carbocycles. The molecule has 6 heteroatoms. The Labute approximate surface area is 78.9 Å². The maximum atomic E-state index is 11.9. The van der Waals surface area contributed by atoms with Gasteiger partial charge in [0.05, 0.1) is 0 Å². The molecule has 0 aliphatic carbocycles. The van der Waals surface area contributed by atoms with Crippen molar-refractivity contribution in [2.75, 3.05) is 0 Å². The second-order valence-electron chi connectivity index (χ2n) is 2.75. The highest BCUT2D eigenvalue weighted by molar-refractivity contribution is 5.98. The summed E-state index contributed by atoms with van der Waals surface area (Å²) >= 11 is 0. The van der Waals surface area contributed by atoms with Gasteiger partial charge in [-0.15, -0.1) is 0 Å². The Kier molecular flexibility index (Phi) is 4.33. The Morgan fingerprint density at radius 1 is 1.43 bits per heavy atom. The number of carbonyl (C=O) groups excluding carboxylic acids is 1. The lowest BCUT2D eigenvalue weighted by Crippen LogP contribution is -2.23. The summed E-state index contributed by atoms with van der Waals surface area (Å²) < 4.78 is 35.8. The van der Waals surface area contributed by atoms with E-state index in [-0.39, 0.29) is 12.0 Å². The number of hydrogen-bond acceptors (Lipinski definition) is 3. The van der Waals surface area contributed by atoms with Crippen LogP contribution in [0.15, 0.2) is 17.3 Å². The molecular weight excluding hydrogens is 199 g/mol. The van der Waals surface area contributed by atoms with Crippen LogP contribution >= 0.6 is 0 Å². The van der Waals surface area contributed by atoms with E-state index in [0.717, 1.165) is 0 Å². The normalized spacial score (nSPS) is 12.7. The van der Waals surface area contributed by atoms with E-state index in [4.69, 9.17) is 5.21 Å². The van der Waals surface area contributed by atoms with E-state index in [2.05, 4.69) is 11.7 Å². The van der Waals surface area contributed by atoms with Crippen LogP contribution in [-0.2, 0) is 4.79 Å². The maximum absolute atomic E-state index is 11.9. The Bertz CT molecular complexity index is 268. The standard InChI is InChI=1S/C8H10F3NO2/c1-5(2)6(13)3-4-7(12-14)8(9,10)11/h14H,1,3-4H2,2H3/b12-7+. The van der Waals surface area contributed by atoms with Gasteiger partial charge in [0.25, 0.3) is 0 Å². The molecular formula is C8H10F3NO2. The molecule has 3 nitrogen and oxygen atoms in total. The van der Waals surface area contributed by atoms with Crippen LogP contribution in [0.4, 0.5) is 13.2 Å². The summed E-state index contributed by atoms with van der Waals surface area (Å²) in [6.07, 6.45) is -5.68. The Morgan fingerprint density at radius 3 is 2.21 bits per heavy atom. The molecule has 1 N–H and O–H groups in total. The maximum Gasteiger partial charge on any atom is 0.432 e. The zero-order valence-electron chi connectivity index (χ0n) is 7.56. The molecule has 0 spiro atoms. The van der Waals surface area contributed by atoms with Crippen LogP contribution in [0.1, 0.15) is 19.8 Å². The monoisotopic (exact) mass is 209 g/mol. The summed E-state index contributed by atoms with van der Waals surface area (Å²) in [6.45, 7) is 4.70. The highest BCUT2D eigenvalue weighted by atomic mass is 19.4. The second-order valence-corrected chi connectivity index (χ2v) is 2.75. The largest absolute Gasteiger partial charge is 0.432 e. The van der Waals surface area contributed by atoms with E-state index in [1.807, 2.05) is 0 Å². The minimum atomic E-state index is -4.69. The molecule has 0 heterocycles. The number of alkyl halides is 3. The Hall–Kier alpha value is -1.33. The van der Waals surface area contributed by atoms with Crippen LogP contribution in [0.3, 0.4) is 0 Å². The molecule has 0 aliphatic heterocycles. The van der Waals surface area contributed by atoms with Gasteiger partial charge in [-0.2, -0.15) is 13.2 Å². The molecule has 0 radical (unpaired) electrons. The van der Waals surface area contributed by atoms with E-state index >= 15 is 0 Å². The zero-order valence-corrected chi connectivity index (χ0v) is 7.56. The van der Waals surface area contributed by atoms with E-state index in [0.29, 0.717) is 0 Å². The molecule has 0 aliphatic rings. The number of ketones is 1. The van der Waals surface area contributed by atoms with E-state index in [9.17, 15) is 18.0 Å². The SMILES string of the molecule is C=C(C)C(=O)CC/C(=N\O)C(F)(F)F. The van der Waals surface area contributed by atoms with Crippen LogP contribution in [0, 0.1) is 0 Å². The molecule has 0 atom stereocenters. The average molecular weight is 209 g/mol. The van der Waals surface area contributed by atoms with Gasteiger partial charge in [0, 0.05) is 12.8 Å². The quantitative estimate of drug-likeness (QED) is 0.334. The second kappa shape index (κ2) is 4.78. The summed E-state index contributed by atoms with van der Waals surface area (Å²) in [5.41, 5.74) is -1.17. The lowest BCUT2D eigenvalue weighted by atomic mass is 10.1. The number of nitrogens with zero attached hydrogens (tertiary/aromatic N) is 1. The van der Waals surface area contributed by atoms with Crippen molar-refractivity contribution < 1.29 is 23.2 Å². The topological polar surface area (TPSA) is 49.7 Å². The molecule has 0 bridgehead atoms. The van der Waals surface area contributed by atoms with Crippen molar-refractivity contribution >= 4 is 11.5 Å². The number of carbonyl (C=O) groups is 1. The van der Waals surface area contributed by atoms with Crippen molar-refractivity contribution in [3.05, 3.63) is 12.2 Å². The van der Waals surface area contributed by atoms with Gasteiger partial charge >= 0.3 is 6.18 Å². The summed E-state index contributed by atoms with van der Waals surface area (Å²) in [4.78, 5) is 10.9. The van der Waals surface area contributed by atoms with Crippen LogP contribution in [0.25, 0.3) is 0 Å². The molecule has 0 unspecified atom stereocenters. The molecule has 0 saturated heterocycles. The molecule has 0 aromatic rings. The van der Waals surface area contributed by atoms with E-state index in [1.165, 1.54) is 6.92 Å². The van der Waals surface area contributed by atoms with Crippen molar-refractivity contribution in [2.45, 2.75) is 25.9 Å². The van der Waals surface area contributed by atoms with Crippen LogP contribution in [0.2, 0.25) is 0 Å². The molecule has 14 heavy (non-hydrogen) atoms. The molecule has 0 rings (SSSR count). The van der Waals surface area contributed by atoms with E-state index in [1.54, 1.807) is 0 Å². The van der Waals surface area contributed by atoms with Gasteiger partial charge in [-0.3, -0.25) is 4.79 Å². The third-order valence-corrected chi connectivity index (χ3v) is 1.51. The van der Waals surface area contributed by atoms with Crippen molar-refractivity contribution in [2.24, 2.45) is 5.16 Å². The average Bonchev–Trinajstić information content (AvgIpc) is 2.02. The minimum Gasteiger partial charge on any atom is -0.411 e. The number of hydrogen-bond donors (Lipinski definition) is 1. The molecule has 80 valence electrons. The molecule has 0 amide bonds. The lowest BCUT2D eigenvalue weighted by molar-refractivity contribution is -0.115. The third kappa shape index (κ3) is 4.06. The first-order valence-electron chi connectivity index (χ1n) is 3.76. The molecule has 0 fully saturated rings. The van der Waals surface area contributed by atoms with Gasteiger partial charge in [-0.25, -0.2) is 0 Å². The van der Waals surface area contributed by atoms with Crippen molar-refractivity contribution in [1.82, 2.24) is 0 Å². The summed E-state index contributed by atoms with van der Waals surface area (Å²) in [5, 5.41) is 10.1. The van der Waals surface area contributed by atoms with Crippen molar-refractivity contribution in [3.63, 3.8) is 0 Å². The number of oxime groups is 1. The van der Waals surface area contributed by atoms with E-state index < -0.39 is 24.1 Å². The van der Waals surface area contributed by atoms with Crippen molar-refractivity contribution in [1.29, 1.82) is 0 Å². The smallest absolute Gasteiger partial charge is 0.411 e. The number of rotatable bonds is 4. The lowest BCUT2D eigenvalue weighted by Gasteiger charge is -2.07. The predicted octanol–water partition coefficient (Wildman–Crippen LogP) is 2.30. The first-order chi connectivity index (χ1) is 6.29. The van der Waals surface area contributed by atoms with Crippen LogP contribution < -0.4 is 0 Å². The Balaban J connectivity index is 4.26. The summed E-state index contributed by atoms with van der Waals surface area (Å²) in [6, 6.07) is 0. The highest BCUT2D eigenvalue weighted by Gasteiger charge is 2.36. The fourth-order valence-corrected chi connectivity index (χ4v) is 0.694. The third-order valence-electron chi connectivity index (χ3n) is 1.51. The first kappa shape index (κ1) is 12.7. The summed E-state index contributed by atoms with van der Waals surface area (Å²) in [5.74, 6) is -0.476. The number of Topliss-reactive ketones (excluding diaryl/α,β-unsaturated/α-hetero) is 1. The van der Waals surface area contributed by atoms with Gasteiger partial charge in [-0.05, 0) is 12.5 Å². The van der Waals surface area contributed by atoms with Crippen molar-refractivity contribution in [3.8, 4) is 0 Å². The number of allylic oxidation sites excluding steroid dienone is 1. The summed E-state index contributed by atoms with van der Waals surface area (Å²) in [7, 11) is 0. The minimum absolute atomic E-state index is 0.185. The Morgan fingerprint density at radius 2 is 1.93 bits per heavy atom. The number of halogens is 3. The van der Waals surface area contributed by atoms with Gasteiger partial charge < -0.3 is 5.21 Å². The zero-order chi connectivity index (χ0) is 11.4. The predicted molar refractivity (Wildman–Crippen MR) is 44.3 cm³/mol. The fourth-order valence-electron chi connectivity index (χ4n) is 0.694. The first-order valence-corrected chi connectivity index (χ1v) is 3.76. The van der Waals surface area contributed by atoms with Crippen LogP contribution in [-0.4, -0.2) is 22.9 Å². The van der Waals surface area contributed by atoms with Gasteiger partial charge in [-0.1, -0.05) is 11.7 Å². The van der Waals surface area contributed by atoms with Gasteiger partial charge in [0.1, 0.15) is 0 Å². The highest BCUT2D eigenvalue weighted by Crippen LogP contribution is 2.20.